The standard InChI is InChI=1S/C17H14F3N3O3/c1-25-14-6-7-15-21-8-9-23(15)13(14)10-16(24)22-11-2-4-12(5-3-11)26-17(18,19)20/h2-9H,10H2,1H3,(H,22,24). The van der Waals surface area contributed by atoms with Crippen molar-refractivity contribution in [2.24, 2.45) is 0 Å². The number of ether oxygens (including phenoxy) is 2. The summed E-state index contributed by atoms with van der Waals surface area (Å²) in [5, 5.41) is 2.62. The van der Waals surface area contributed by atoms with Gasteiger partial charge in [0.05, 0.1) is 19.2 Å². The zero-order valence-corrected chi connectivity index (χ0v) is 13.6. The number of pyridine rings is 1. The molecule has 0 saturated carbocycles. The van der Waals surface area contributed by atoms with Gasteiger partial charge in [0.15, 0.2) is 0 Å². The molecule has 0 bridgehead atoms. The highest BCUT2D eigenvalue weighted by molar-refractivity contribution is 5.92. The molecule has 0 fully saturated rings. The molecule has 3 rings (SSSR count). The maximum absolute atomic E-state index is 12.3. The predicted molar refractivity (Wildman–Crippen MR) is 87.2 cm³/mol. The number of imidazole rings is 1. The van der Waals surface area contributed by atoms with E-state index in [9.17, 15) is 18.0 Å². The molecule has 0 radical (unpaired) electrons. The summed E-state index contributed by atoms with van der Waals surface area (Å²) in [5.41, 5.74) is 1.63. The molecule has 2 heterocycles. The Kier molecular flexibility index (Phi) is 4.70. The van der Waals surface area contributed by atoms with Gasteiger partial charge in [0.2, 0.25) is 5.91 Å². The number of amides is 1. The number of nitrogens with zero attached hydrogens (tertiary/aromatic N) is 2. The molecule has 1 aromatic carbocycles. The van der Waals surface area contributed by atoms with Gasteiger partial charge in [-0.1, -0.05) is 0 Å². The first-order valence-electron chi connectivity index (χ1n) is 7.50. The van der Waals surface area contributed by atoms with Crippen molar-refractivity contribution in [1.82, 2.24) is 9.38 Å². The molecule has 0 spiro atoms. The molecule has 0 aliphatic heterocycles. The molecule has 6 nitrogen and oxygen atoms in total. The topological polar surface area (TPSA) is 64.9 Å². The number of anilines is 1. The van der Waals surface area contributed by atoms with Crippen LogP contribution in [0.3, 0.4) is 0 Å². The lowest BCUT2D eigenvalue weighted by Crippen LogP contribution is -2.18. The van der Waals surface area contributed by atoms with E-state index in [0.29, 0.717) is 22.8 Å². The molecule has 9 heteroatoms. The fourth-order valence-electron chi connectivity index (χ4n) is 2.49. The minimum atomic E-state index is -4.76. The summed E-state index contributed by atoms with van der Waals surface area (Å²) in [6.45, 7) is 0. The van der Waals surface area contributed by atoms with Gasteiger partial charge in [0, 0.05) is 18.1 Å². The van der Waals surface area contributed by atoms with Crippen LogP contribution in [0.5, 0.6) is 11.5 Å². The summed E-state index contributed by atoms with van der Waals surface area (Å²) in [5.74, 6) is -0.186. The molecular formula is C17H14F3N3O3. The Morgan fingerprint density at radius 2 is 1.92 bits per heavy atom. The van der Waals surface area contributed by atoms with E-state index < -0.39 is 6.36 Å². The number of fused-ring (bicyclic) bond motifs is 1. The SMILES string of the molecule is COc1ccc2nccn2c1CC(=O)Nc1ccc(OC(F)(F)F)cc1. The van der Waals surface area contributed by atoms with Gasteiger partial charge in [-0.2, -0.15) is 0 Å². The number of methoxy groups -OCH3 is 1. The van der Waals surface area contributed by atoms with Gasteiger partial charge < -0.3 is 14.8 Å². The second-order valence-electron chi connectivity index (χ2n) is 5.30. The highest BCUT2D eigenvalue weighted by Gasteiger charge is 2.30. The predicted octanol–water partition coefficient (Wildman–Crippen LogP) is 3.42. The van der Waals surface area contributed by atoms with Crippen molar-refractivity contribution in [3.63, 3.8) is 0 Å². The summed E-state index contributed by atoms with van der Waals surface area (Å²) in [6.07, 6.45) is -1.44. The van der Waals surface area contributed by atoms with Crippen molar-refractivity contribution in [1.29, 1.82) is 0 Å². The molecule has 0 saturated heterocycles. The highest BCUT2D eigenvalue weighted by Crippen LogP contribution is 2.24. The van der Waals surface area contributed by atoms with Crippen LogP contribution >= 0.6 is 0 Å². The molecule has 3 aromatic rings. The molecule has 26 heavy (non-hydrogen) atoms. The number of rotatable bonds is 5. The van der Waals surface area contributed by atoms with Gasteiger partial charge >= 0.3 is 6.36 Å². The Morgan fingerprint density at radius 1 is 1.19 bits per heavy atom. The molecule has 136 valence electrons. The van der Waals surface area contributed by atoms with Crippen LogP contribution in [0.2, 0.25) is 0 Å². The van der Waals surface area contributed by atoms with Crippen molar-refractivity contribution in [2.75, 3.05) is 12.4 Å². The van der Waals surface area contributed by atoms with Gasteiger partial charge in [-0.05, 0) is 36.4 Å². The Balaban J connectivity index is 1.72. The first-order chi connectivity index (χ1) is 12.4. The molecule has 1 N–H and O–H groups in total. The quantitative estimate of drug-likeness (QED) is 0.753. The van der Waals surface area contributed by atoms with Crippen LogP contribution < -0.4 is 14.8 Å². The normalized spacial score (nSPS) is 11.4. The van der Waals surface area contributed by atoms with Crippen molar-refractivity contribution >= 4 is 17.2 Å². The van der Waals surface area contributed by atoms with Crippen molar-refractivity contribution < 1.29 is 27.4 Å². The number of carbonyl (C=O) groups excluding carboxylic acids is 1. The fourth-order valence-corrected chi connectivity index (χ4v) is 2.49. The number of nitrogens with one attached hydrogen (secondary N) is 1. The van der Waals surface area contributed by atoms with E-state index in [-0.39, 0.29) is 18.1 Å². The summed E-state index contributed by atoms with van der Waals surface area (Å²) in [6, 6.07) is 8.39. The maximum Gasteiger partial charge on any atom is 0.573 e. The van der Waals surface area contributed by atoms with Crippen molar-refractivity contribution in [3.05, 3.63) is 54.5 Å². The smallest absolute Gasteiger partial charge is 0.495 e. The largest absolute Gasteiger partial charge is 0.573 e. The number of hydrogen-bond acceptors (Lipinski definition) is 4. The summed E-state index contributed by atoms with van der Waals surface area (Å²) in [4.78, 5) is 16.5. The maximum atomic E-state index is 12.3. The van der Waals surface area contributed by atoms with Gasteiger partial charge in [-0.3, -0.25) is 9.20 Å². The average molecular weight is 365 g/mol. The van der Waals surface area contributed by atoms with Crippen LogP contribution in [0.4, 0.5) is 18.9 Å². The van der Waals surface area contributed by atoms with E-state index in [1.165, 1.54) is 19.2 Å². The Labute approximate surface area is 146 Å². The van der Waals surface area contributed by atoms with Crippen molar-refractivity contribution in [2.45, 2.75) is 12.8 Å². The van der Waals surface area contributed by atoms with E-state index in [2.05, 4.69) is 15.0 Å². The van der Waals surface area contributed by atoms with E-state index in [4.69, 9.17) is 4.74 Å². The van der Waals surface area contributed by atoms with Crippen LogP contribution in [0.15, 0.2) is 48.8 Å². The van der Waals surface area contributed by atoms with Gasteiger partial charge in [0.1, 0.15) is 17.1 Å². The Hall–Kier alpha value is -3.23. The fraction of sp³-hybridized carbons (Fsp3) is 0.176. The van der Waals surface area contributed by atoms with Crippen LogP contribution in [-0.2, 0) is 11.2 Å². The zero-order valence-electron chi connectivity index (χ0n) is 13.6. The average Bonchev–Trinajstić information content (AvgIpc) is 3.04. The zero-order chi connectivity index (χ0) is 18.7. The minimum absolute atomic E-state index is 0.00231. The summed E-state index contributed by atoms with van der Waals surface area (Å²) in [7, 11) is 1.50. The van der Waals surface area contributed by atoms with E-state index in [0.717, 1.165) is 12.1 Å². The van der Waals surface area contributed by atoms with Gasteiger partial charge in [-0.25, -0.2) is 4.98 Å². The third kappa shape index (κ3) is 4.05. The van der Waals surface area contributed by atoms with Crippen molar-refractivity contribution in [3.8, 4) is 11.5 Å². The lowest BCUT2D eigenvalue weighted by molar-refractivity contribution is -0.274. The lowest BCUT2D eigenvalue weighted by atomic mass is 10.2. The number of benzene rings is 1. The molecule has 0 aliphatic rings. The molecule has 0 unspecified atom stereocenters. The molecule has 0 aliphatic carbocycles. The van der Waals surface area contributed by atoms with Gasteiger partial charge in [0.25, 0.3) is 0 Å². The molecular weight excluding hydrogens is 351 g/mol. The van der Waals surface area contributed by atoms with Crippen LogP contribution in [0.25, 0.3) is 5.65 Å². The van der Waals surface area contributed by atoms with E-state index in [1.807, 2.05) is 0 Å². The van der Waals surface area contributed by atoms with E-state index in [1.54, 1.807) is 28.9 Å². The van der Waals surface area contributed by atoms with E-state index >= 15 is 0 Å². The minimum Gasteiger partial charge on any atom is -0.495 e. The first-order valence-corrected chi connectivity index (χ1v) is 7.50. The Morgan fingerprint density at radius 3 is 2.58 bits per heavy atom. The van der Waals surface area contributed by atoms with Crippen LogP contribution in [0.1, 0.15) is 5.69 Å². The third-order valence-corrected chi connectivity index (χ3v) is 3.55. The lowest BCUT2D eigenvalue weighted by Gasteiger charge is -2.12. The molecule has 1 amide bonds. The second-order valence-corrected chi connectivity index (χ2v) is 5.30. The summed E-state index contributed by atoms with van der Waals surface area (Å²) < 4.78 is 47.3. The molecule has 2 aromatic heterocycles. The third-order valence-electron chi connectivity index (χ3n) is 3.55. The number of alkyl halides is 3. The van der Waals surface area contributed by atoms with Gasteiger partial charge in [-0.15, -0.1) is 13.2 Å². The van der Waals surface area contributed by atoms with Crippen LogP contribution in [0, 0.1) is 0 Å². The monoisotopic (exact) mass is 365 g/mol. The number of aromatic nitrogens is 2. The second kappa shape index (κ2) is 6.95. The summed E-state index contributed by atoms with van der Waals surface area (Å²) >= 11 is 0. The Bertz CT molecular complexity index is 920. The first kappa shape index (κ1) is 17.6. The number of carbonyl (C=O) groups is 1. The number of hydrogen-bond donors (Lipinski definition) is 1. The molecule has 0 atom stereocenters. The number of halogens is 3. The van der Waals surface area contributed by atoms with Crippen LogP contribution in [-0.4, -0.2) is 28.8 Å². The highest BCUT2D eigenvalue weighted by atomic mass is 19.4.